The molecule has 0 aliphatic heterocycles. The van der Waals surface area contributed by atoms with E-state index in [1.54, 1.807) is 4.57 Å². The lowest BCUT2D eigenvalue weighted by Gasteiger charge is -2.23. The monoisotopic (exact) mass is 387 g/mol. The smallest absolute Gasteiger partial charge is 0.348 e. The largest absolute Gasteiger partial charge is 0.389 e. The van der Waals surface area contributed by atoms with Crippen molar-refractivity contribution in [3.63, 3.8) is 0 Å². The number of hydrogen-bond acceptors (Lipinski definition) is 7. The zero-order valence-electron chi connectivity index (χ0n) is 12.6. The van der Waals surface area contributed by atoms with Crippen LogP contribution in [0.2, 0.25) is 5.28 Å². The highest BCUT2D eigenvalue weighted by Crippen LogP contribution is 2.69. The number of fused-ring (bicyclic) bond motifs is 2. The summed E-state index contributed by atoms with van der Waals surface area (Å²) in [5.41, 5.74) is 5.55. The van der Waals surface area contributed by atoms with Crippen molar-refractivity contribution in [1.29, 1.82) is 0 Å². The first-order valence-corrected chi connectivity index (χ1v) is 9.47. The summed E-state index contributed by atoms with van der Waals surface area (Å²) in [6, 6.07) is -0.577. The van der Waals surface area contributed by atoms with Gasteiger partial charge in [-0.3, -0.25) is 4.57 Å². The summed E-state index contributed by atoms with van der Waals surface area (Å²) in [5, 5.41) is 20.9. The summed E-state index contributed by atoms with van der Waals surface area (Å²) in [5.74, 6) is 0.645. The van der Waals surface area contributed by atoms with Crippen molar-refractivity contribution in [1.82, 2.24) is 19.5 Å². The first-order valence-electron chi connectivity index (χ1n) is 7.41. The Balaban J connectivity index is 1.76. The van der Waals surface area contributed by atoms with Crippen LogP contribution in [0.3, 0.4) is 0 Å². The fourth-order valence-corrected chi connectivity index (χ4v) is 4.50. The summed E-state index contributed by atoms with van der Waals surface area (Å²) >= 11 is 5.85. The second kappa shape index (κ2) is 5.23. The van der Waals surface area contributed by atoms with Crippen LogP contribution in [0.1, 0.15) is 12.5 Å². The van der Waals surface area contributed by atoms with Gasteiger partial charge in [-0.05, 0) is 23.9 Å². The lowest BCUT2D eigenvalue weighted by Crippen LogP contribution is -2.33. The van der Waals surface area contributed by atoms with Gasteiger partial charge in [-0.25, -0.2) is 4.98 Å². The number of nitrogens with two attached hydrogens (primary N) is 1. The molecule has 2 aromatic heterocycles. The Bertz CT molecular complexity index is 944. The van der Waals surface area contributed by atoms with Gasteiger partial charge in [-0.2, -0.15) is 9.97 Å². The molecular formula is C13H15ClN5O5P. The topological polar surface area (TPSA) is 168 Å². The second-order valence-corrected chi connectivity index (χ2v) is 8.27. The molecule has 4 rings (SSSR count). The van der Waals surface area contributed by atoms with E-state index >= 15 is 0 Å². The van der Waals surface area contributed by atoms with Crippen molar-refractivity contribution in [3.8, 4) is 0 Å². The molecule has 12 heteroatoms. The van der Waals surface area contributed by atoms with Crippen LogP contribution in [-0.4, -0.2) is 51.7 Å². The number of imidazole rings is 1. The molecule has 10 nitrogen and oxygen atoms in total. The molecular weight excluding hydrogens is 373 g/mol. The Kier molecular flexibility index (Phi) is 3.53. The Morgan fingerprint density at radius 3 is 2.80 bits per heavy atom. The van der Waals surface area contributed by atoms with Gasteiger partial charge in [0.15, 0.2) is 11.5 Å². The predicted molar refractivity (Wildman–Crippen MR) is 87.5 cm³/mol. The lowest BCUT2D eigenvalue weighted by atomic mass is 10.00. The number of nitrogen functional groups attached to an aromatic ring is 1. The summed E-state index contributed by atoms with van der Waals surface area (Å²) in [4.78, 5) is 30.1. The summed E-state index contributed by atoms with van der Waals surface area (Å²) in [7, 11) is -4.36. The van der Waals surface area contributed by atoms with E-state index in [4.69, 9.17) is 27.1 Å². The van der Waals surface area contributed by atoms with Gasteiger partial charge in [-0.15, -0.1) is 0 Å². The van der Waals surface area contributed by atoms with Crippen LogP contribution >= 0.6 is 19.2 Å². The molecule has 5 atom stereocenters. The van der Waals surface area contributed by atoms with Gasteiger partial charge in [0.25, 0.3) is 0 Å². The van der Waals surface area contributed by atoms with Gasteiger partial charge in [0, 0.05) is 11.2 Å². The molecule has 0 bridgehead atoms. The van der Waals surface area contributed by atoms with E-state index < -0.39 is 31.3 Å². The highest BCUT2D eigenvalue weighted by atomic mass is 35.5. The number of hydrogen-bond donors (Lipinski definition) is 5. The second-order valence-electron chi connectivity index (χ2n) is 6.46. The minimum absolute atomic E-state index is 0.0664. The van der Waals surface area contributed by atoms with E-state index in [-0.39, 0.29) is 17.0 Å². The average Bonchev–Trinajstić information content (AvgIpc) is 3.01. The van der Waals surface area contributed by atoms with Crippen LogP contribution < -0.4 is 5.73 Å². The first-order chi connectivity index (χ1) is 11.6. The molecule has 2 heterocycles. The van der Waals surface area contributed by atoms with Gasteiger partial charge >= 0.3 is 7.60 Å². The number of aromatic nitrogens is 4. The number of aliphatic hydroxyl groups excluding tert-OH is 2. The Hall–Kier alpha value is -1.55. The summed E-state index contributed by atoms with van der Waals surface area (Å²) in [6.07, 6.45) is 0.889. The highest BCUT2D eigenvalue weighted by Gasteiger charge is 2.70. The molecule has 0 aromatic carbocycles. The molecule has 0 amide bonds. The molecule has 134 valence electrons. The molecule has 2 saturated carbocycles. The van der Waals surface area contributed by atoms with Crippen molar-refractivity contribution in [3.05, 3.63) is 23.5 Å². The van der Waals surface area contributed by atoms with Crippen molar-refractivity contribution < 1.29 is 24.6 Å². The van der Waals surface area contributed by atoms with Gasteiger partial charge in [0.2, 0.25) is 5.28 Å². The van der Waals surface area contributed by atoms with E-state index in [0.717, 1.165) is 5.82 Å². The lowest BCUT2D eigenvalue weighted by molar-refractivity contribution is -0.00808. The number of halogens is 1. The van der Waals surface area contributed by atoms with Gasteiger partial charge in [-0.1, -0.05) is 6.08 Å². The third-order valence-corrected chi connectivity index (χ3v) is 5.77. The van der Waals surface area contributed by atoms with Gasteiger partial charge in [0.1, 0.15) is 11.6 Å². The third-order valence-electron chi connectivity index (χ3n) is 5.06. The number of anilines is 1. The zero-order chi connectivity index (χ0) is 18.1. The maximum atomic E-state index is 11.1. The van der Waals surface area contributed by atoms with Crippen molar-refractivity contribution in [2.75, 3.05) is 5.73 Å². The molecule has 6 N–H and O–H groups in total. The molecule has 2 fully saturated rings. The van der Waals surface area contributed by atoms with Crippen LogP contribution in [0.5, 0.6) is 0 Å². The molecule has 0 radical (unpaired) electrons. The maximum Gasteiger partial charge on any atom is 0.348 e. The summed E-state index contributed by atoms with van der Waals surface area (Å²) in [6.45, 7) is 0. The van der Waals surface area contributed by atoms with Crippen molar-refractivity contribution in [2.45, 2.75) is 24.7 Å². The minimum Gasteiger partial charge on any atom is -0.389 e. The van der Waals surface area contributed by atoms with Crippen molar-refractivity contribution >= 4 is 36.2 Å². The molecule has 0 saturated heterocycles. The minimum atomic E-state index is -4.36. The zero-order valence-corrected chi connectivity index (χ0v) is 14.3. The molecule has 2 aromatic rings. The number of aliphatic hydroxyl groups is 2. The average molecular weight is 388 g/mol. The van der Waals surface area contributed by atoms with E-state index in [1.165, 1.54) is 12.4 Å². The Morgan fingerprint density at radius 1 is 1.40 bits per heavy atom. The Labute approximate surface area is 146 Å². The number of rotatable bonds is 3. The van der Waals surface area contributed by atoms with Crippen LogP contribution in [0, 0.1) is 11.3 Å². The quantitative estimate of drug-likeness (QED) is 0.360. The fraction of sp³-hybridized carbons (Fsp3) is 0.462. The normalized spacial score (nSPS) is 34.8. The SMILES string of the molecule is Nc1nc(Cl)nc2c1ncn2[C@H]1[C@H](O)[C@H](O)[C@@]2(/C=C/P(=O)(O)O)C[C@H]12. The van der Waals surface area contributed by atoms with E-state index in [1.807, 2.05) is 0 Å². The fourth-order valence-electron chi connectivity index (χ4n) is 3.86. The highest BCUT2D eigenvalue weighted by molar-refractivity contribution is 7.55. The molecule has 2 aliphatic rings. The standard InChI is InChI=1S/C13H15ClN5O5P/c14-12-17-10(15)6-11(18-12)19(4-16-6)7-5-3-13(5,9(21)8(7)20)1-2-25(22,23)24/h1-2,4-5,7-9,20-21H,3H2,(H2,15,17,18)(H2,22,23,24)/b2-1+/t5-,7-,8+,9+,13+/m1/s1. The van der Waals surface area contributed by atoms with Gasteiger partial charge < -0.3 is 30.3 Å². The molecule has 0 unspecified atom stereocenters. The van der Waals surface area contributed by atoms with Crippen LogP contribution in [0.4, 0.5) is 5.82 Å². The third kappa shape index (κ3) is 2.49. The van der Waals surface area contributed by atoms with Crippen molar-refractivity contribution in [2.24, 2.45) is 11.3 Å². The van der Waals surface area contributed by atoms with E-state index in [2.05, 4.69) is 15.0 Å². The van der Waals surface area contributed by atoms with E-state index in [0.29, 0.717) is 17.6 Å². The Morgan fingerprint density at radius 2 is 2.12 bits per heavy atom. The molecule has 25 heavy (non-hydrogen) atoms. The van der Waals surface area contributed by atoms with E-state index in [9.17, 15) is 14.8 Å². The van der Waals surface area contributed by atoms with Gasteiger partial charge in [0.05, 0.1) is 18.5 Å². The predicted octanol–water partition coefficient (Wildman–Crippen LogP) is 0.0361. The number of nitrogens with zero attached hydrogens (tertiary/aromatic N) is 4. The van der Waals surface area contributed by atoms with Crippen LogP contribution in [-0.2, 0) is 4.57 Å². The molecule has 2 aliphatic carbocycles. The van der Waals surface area contributed by atoms with Crippen LogP contribution in [0.25, 0.3) is 11.2 Å². The molecule has 0 spiro atoms. The van der Waals surface area contributed by atoms with Crippen LogP contribution in [0.15, 0.2) is 18.2 Å². The first kappa shape index (κ1) is 16.9. The summed E-state index contributed by atoms with van der Waals surface area (Å²) < 4.78 is 12.7. The maximum absolute atomic E-state index is 11.1.